The molecular weight excluding hydrogens is 228 g/mol. The van der Waals surface area contributed by atoms with Gasteiger partial charge in [-0.2, -0.15) is 0 Å². The molecule has 18 heavy (non-hydrogen) atoms. The van der Waals surface area contributed by atoms with Gasteiger partial charge in [0.1, 0.15) is 0 Å². The van der Waals surface area contributed by atoms with Crippen LogP contribution < -0.4 is 10.6 Å². The first kappa shape index (κ1) is 14.6. The number of nitrogens with zero attached hydrogens (tertiary/aromatic N) is 2. The summed E-state index contributed by atoms with van der Waals surface area (Å²) in [5, 5.41) is 6.09. The number of aryl methyl sites for hydroxylation is 1. The minimum Gasteiger partial charge on any atom is -0.350 e. The van der Waals surface area contributed by atoms with E-state index >= 15 is 0 Å². The van der Waals surface area contributed by atoms with Crippen molar-refractivity contribution in [1.82, 2.24) is 20.6 Å². The Morgan fingerprint density at radius 1 is 1.28 bits per heavy atom. The molecule has 0 aromatic carbocycles. The van der Waals surface area contributed by atoms with Gasteiger partial charge in [0.2, 0.25) is 5.91 Å². The zero-order chi connectivity index (χ0) is 13.6. The van der Waals surface area contributed by atoms with Crippen LogP contribution in [0.2, 0.25) is 0 Å². The second-order valence-corrected chi connectivity index (χ2v) is 5.35. The van der Waals surface area contributed by atoms with Gasteiger partial charge in [0.25, 0.3) is 0 Å². The molecule has 5 nitrogen and oxygen atoms in total. The third-order valence-corrected chi connectivity index (χ3v) is 2.31. The van der Waals surface area contributed by atoms with Crippen molar-refractivity contribution in [3.05, 3.63) is 23.8 Å². The van der Waals surface area contributed by atoms with Crippen molar-refractivity contribution in [3.63, 3.8) is 0 Å². The van der Waals surface area contributed by atoms with Crippen molar-refractivity contribution in [2.75, 3.05) is 6.54 Å². The highest BCUT2D eigenvalue weighted by atomic mass is 16.1. The SMILES string of the molecule is Cc1cnc(CNC(=O)CCNC(C)(C)C)cn1. The smallest absolute Gasteiger partial charge is 0.221 e. The molecule has 0 fully saturated rings. The van der Waals surface area contributed by atoms with Crippen molar-refractivity contribution in [1.29, 1.82) is 0 Å². The van der Waals surface area contributed by atoms with Crippen molar-refractivity contribution in [3.8, 4) is 0 Å². The molecule has 1 amide bonds. The normalized spacial score (nSPS) is 11.3. The number of nitrogens with one attached hydrogen (secondary N) is 2. The Bertz CT molecular complexity index is 381. The Kier molecular flexibility index (Phi) is 5.22. The van der Waals surface area contributed by atoms with Crippen LogP contribution in [0.1, 0.15) is 38.6 Å². The van der Waals surface area contributed by atoms with E-state index in [1.54, 1.807) is 12.4 Å². The van der Waals surface area contributed by atoms with Gasteiger partial charge >= 0.3 is 0 Å². The first-order valence-electron chi connectivity index (χ1n) is 6.16. The molecule has 0 radical (unpaired) electrons. The predicted octanol–water partition coefficient (Wildman–Crippen LogP) is 1.18. The fraction of sp³-hybridized carbons (Fsp3) is 0.615. The van der Waals surface area contributed by atoms with E-state index in [1.165, 1.54) is 0 Å². The Hall–Kier alpha value is -1.49. The van der Waals surface area contributed by atoms with Gasteiger partial charge in [0.15, 0.2) is 0 Å². The third-order valence-electron chi connectivity index (χ3n) is 2.31. The van der Waals surface area contributed by atoms with E-state index in [2.05, 4.69) is 41.4 Å². The van der Waals surface area contributed by atoms with Crippen molar-refractivity contribution in [2.45, 2.75) is 46.2 Å². The maximum atomic E-state index is 11.6. The predicted molar refractivity (Wildman–Crippen MR) is 71.0 cm³/mol. The molecule has 1 aromatic heterocycles. The second-order valence-electron chi connectivity index (χ2n) is 5.35. The monoisotopic (exact) mass is 250 g/mol. The lowest BCUT2D eigenvalue weighted by Crippen LogP contribution is -2.38. The van der Waals surface area contributed by atoms with E-state index in [0.29, 0.717) is 19.5 Å². The topological polar surface area (TPSA) is 66.9 Å². The van der Waals surface area contributed by atoms with Crippen molar-refractivity contribution >= 4 is 5.91 Å². The Balaban J connectivity index is 2.23. The summed E-state index contributed by atoms with van der Waals surface area (Å²) < 4.78 is 0. The van der Waals surface area contributed by atoms with Crippen LogP contribution in [0.5, 0.6) is 0 Å². The molecule has 100 valence electrons. The van der Waals surface area contributed by atoms with Crippen LogP contribution in [-0.4, -0.2) is 28.0 Å². The van der Waals surface area contributed by atoms with Crippen LogP contribution in [0.25, 0.3) is 0 Å². The Labute approximate surface area is 108 Å². The van der Waals surface area contributed by atoms with Gasteiger partial charge in [-0.05, 0) is 27.7 Å². The van der Waals surface area contributed by atoms with Crippen LogP contribution in [-0.2, 0) is 11.3 Å². The van der Waals surface area contributed by atoms with E-state index < -0.39 is 0 Å². The number of hydrogen-bond acceptors (Lipinski definition) is 4. The van der Waals surface area contributed by atoms with Crippen LogP contribution in [0, 0.1) is 6.92 Å². The largest absolute Gasteiger partial charge is 0.350 e. The number of rotatable bonds is 5. The molecule has 0 saturated carbocycles. The van der Waals surface area contributed by atoms with Gasteiger partial charge in [-0.15, -0.1) is 0 Å². The summed E-state index contributed by atoms with van der Waals surface area (Å²) in [6, 6.07) is 0. The summed E-state index contributed by atoms with van der Waals surface area (Å²) in [6.45, 7) is 9.22. The molecule has 0 unspecified atom stereocenters. The highest BCUT2D eigenvalue weighted by Gasteiger charge is 2.09. The molecule has 0 bridgehead atoms. The summed E-state index contributed by atoms with van der Waals surface area (Å²) in [6.07, 6.45) is 3.85. The highest BCUT2D eigenvalue weighted by molar-refractivity contribution is 5.75. The van der Waals surface area contributed by atoms with Gasteiger partial charge in [-0.25, -0.2) is 0 Å². The lowest BCUT2D eigenvalue weighted by Gasteiger charge is -2.20. The summed E-state index contributed by atoms with van der Waals surface area (Å²) in [5.41, 5.74) is 1.69. The van der Waals surface area contributed by atoms with Crippen LogP contribution in [0.4, 0.5) is 0 Å². The molecule has 2 N–H and O–H groups in total. The maximum Gasteiger partial charge on any atom is 0.221 e. The zero-order valence-electron chi connectivity index (χ0n) is 11.6. The maximum absolute atomic E-state index is 11.6. The third kappa shape index (κ3) is 6.30. The second kappa shape index (κ2) is 6.44. The molecule has 1 rings (SSSR count). The fourth-order valence-electron chi connectivity index (χ4n) is 1.34. The standard InChI is InChI=1S/C13H22N4O/c1-10-7-15-11(8-14-10)9-16-12(18)5-6-17-13(2,3)4/h7-8,17H,5-6,9H2,1-4H3,(H,16,18). The summed E-state index contributed by atoms with van der Waals surface area (Å²) >= 11 is 0. The molecule has 0 aliphatic carbocycles. The van der Waals surface area contributed by atoms with Crippen molar-refractivity contribution < 1.29 is 4.79 Å². The number of carbonyl (C=O) groups is 1. The quantitative estimate of drug-likeness (QED) is 0.823. The Morgan fingerprint density at radius 3 is 2.56 bits per heavy atom. The van der Waals surface area contributed by atoms with E-state index in [-0.39, 0.29) is 11.4 Å². The molecule has 1 aromatic rings. The van der Waals surface area contributed by atoms with Crippen molar-refractivity contribution in [2.24, 2.45) is 0 Å². The van der Waals surface area contributed by atoms with E-state index in [1.807, 2.05) is 6.92 Å². The van der Waals surface area contributed by atoms with Crippen LogP contribution in [0.15, 0.2) is 12.4 Å². The lowest BCUT2D eigenvalue weighted by atomic mass is 10.1. The summed E-state index contributed by atoms with van der Waals surface area (Å²) in [4.78, 5) is 19.9. The van der Waals surface area contributed by atoms with Gasteiger partial charge in [-0.3, -0.25) is 14.8 Å². The Morgan fingerprint density at radius 2 is 2.00 bits per heavy atom. The molecule has 0 aliphatic heterocycles. The van der Waals surface area contributed by atoms with E-state index in [4.69, 9.17) is 0 Å². The minimum absolute atomic E-state index is 0.0223. The van der Waals surface area contributed by atoms with Gasteiger partial charge < -0.3 is 10.6 Å². The van der Waals surface area contributed by atoms with Gasteiger partial charge in [-0.1, -0.05) is 0 Å². The summed E-state index contributed by atoms with van der Waals surface area (Å²) in [7, 11) is 0. The molecular formula is C13H22N4O. The minimum atomic E-state index is 0.0223. The van der Waals surface area contributed by atoms with E-state index in [0.717, 1.165) is 11.4 Å². The number of hydrogen-bond donors (Lipinski definition) is 2. The molecule has 5 heteroatoms. The molecule has 0 aliphatic rings. The molecule has 1 heterocycles. The summed E-state index contributed by atoms with van der Waals surface area (Å²) in [5.74, 6) is 0.0223. The molecule has 0 spiro atoms. The molecule has 0 atom stereocenters. The average molecular weight is 250 g/mol. The zero-order valence-corrected chi connectivity index (χ0v) is 11.6. The van der Waals surface area contributed by atoms with Gasteiger partial charge in [0, 0.05) is 24.7 Å². The van der Waals surface area contributed by atoms with Crippen LogP contribution >= 0.6 is 0 Å². The van der Waals surface area contributed by atoms with E-state index in [9.17, 15) is 4.79 Å². The lowest BCUT2D eigenvalue weighted by molar-refractivity contribution is -0.121. The number of carbonyl (C=O) groups excluding carboxylic acids is 1. The first-order chi connectivity index (χ1) is 8.37. The molecule has 0 saturated heterocycles. The fourth-order valence-corrected chi connectivity index (χ4v) is 1.34. The highest BCUT2D eigenvalue weighted by Crippen LogP contribution is 1.98. The number of aromatic nitrogens is 2. The van der Waals surface area contributed by atoms with Gasteiger partial charge in [0.05, 0.1) is 24.1 Å². The first-order valence-corrected chi connectivity index (χ1v) is 6.16. The average Bonchev–Trinajstić information content (AvgIpc) is 2.26. The number of amides is 1. The van der Waals surface area contributed by atoms with Crippen LogP contribution in [0.3, 0.4) is 0 Å².